The van der Waals surface area contributed by atoms with E-state index in [1.54, 1.807) is 7.11 Å². The van der Waals surface area contributed by atoms with Crippen LogP contribution in [0.5, 0.6) is 11.5 Å². The molecular formula is C15H25NO3. The maximum atomic E-state index is 9.55. The third-order valence-electron chi connectivity index (χ3n) is 2.89. The van der Waals surface area contributed by atoms with Gasteiger partial charge in [0.15, 0.2) is 11.5 Å². The number of aliphatic hydroxyl groups excluding tert-OH is 1. The van der Waals surface area contributed by atoms with Crippen molar-refractivity contribution in [2.75, 3.05) is 20.3 Å². The van der Waals surface area contributed by atoms with Crippen LogP contribution in [0, 0.1) is 0 Å². The van der Waals surface area contributed by atoms with E-state index in [0.29, 0.717) is 24.5 Å². The summed E-state index contributed by atoms with van der Waals surface area (Å²) in [5.41, 5.74) is 1.15. The maximum Gasteiger partial charge on any atom is 0.161 e. The minimum absolute atomic E-state index is 0.290. The van der Waals surface area contributed by atoms with Gasteiger partial charge in [-0.3, -0.25) is 0 Å². The Morgan fingerprint density at radius 1 is 1.26 bits per heavy atom. The van der Waals surface area contributed by atoms with Crippen molar-refractivity contribution < 1.29 is 14.6 Å². The largest absolute Gasteiger partial charge is 0.493 e. The van der Waals surface area contributed by atoms with Gasteiger partial charge in [-0.05, 0) is 37.1 Å². The number of aliphatic hydroxyl groups is 1. The van der Waals surface area contributed by atoms with Gasteiger partial charge in [-0.2, -0.15) is 0 Å². The number of hydrogen-bond acceptors (Lipinski definition) is 4. The number of benzene rings is 1. The van der Waals surface area contributed by atoms with Gasteiger partial charge < -0.3 is 19.9 Å². The summed E-state index contributed by atoms with van der Waals surface area (Å²) in [7, 11) is 1.62. The van der Waals surface area contributed by atoms with E-state index < -0.39 is 6.10 Å². The van der Waals surface area contributed by atoms with Crippen LogP contribution in [0.3, 0.4) is 0 Å². The fourth-order valence-electron chi connectivity index (χ4n) is 1.66. The minimum atomic E-state index is -0.438. The fourth-order valence-corrected chi connectivity index (χ4v) is 1.66. The molecule has 0 saturated carbocycles. The Kier molecular flexibility index (Phi) is 7.30. The monoisotopic (exact) mass is 267 g/mol. The summed E-state index contributed by atoms with van der Waals surface area (Å²) in [4.78, 5) is 0. The summed E-state index contributed by atoms with van der Waals surface area (Å²) in [6, 6.07) is 5.88. The summed E-state index contributed by atoms with van der Waals surface area (Å²) in [6.07, 6.45) is 1.36. The lowest BCUT2D eigenvalue weighted by Crippen LogP contribution is -2.17. The van der Waals surface area contributed by atoms with Crippen LogP contribution in [0.15, 0.2) is 18.2 Å². The van der Waals surface area contributed by atoms with Crippen molar-refractivity contribution in [1.82, 2.24) is 5.32 Å². The second kappa shape index (κ2) is 8.77. The van der Waals surface area contributed by atoms with Crippen molar-refractivity contribution >= 4 is 0 Å². The Morgan fingerprint density at radius 2 is 2.05 bits per heavy atom. The zero-order chi connectivity index (χ0) is 14.1. The Hall–Kier alpha value is -1.26. The van der Waals surface area contributed by atoms with E-state index in [1.807, 2.05) is 25.1 Å². The Morgan fingerprint density at radius 3 is 2.68 bits per heavy atom. The molecule has 0 spiro atoms. The summed E-state index contributed by atoms with van der Waals surface area (Å²) >= 11 is 0. The van der Waals surface area contributed by atoms with Gasteiger partial charge in [0.2, 0.25) is 0 Å². The van der Waals surface area contributed by atoms with Gasteiger partial charge in [0.05, 0.1) is 13.2 Å². The Labute approximate surface area is 115 Å². The average Bonchev–Trinajstić information content (AvgIpc) is 2.45. The molecule has 19 heavy (non-hydrogen) atoms. The van der Waals surface area contributed by atoms with Gasteiger partial charge in [0.1, 0.15) is 6.61 Å². The highest BCUT2D eigenvalue weighted by atomic mass is 16.5. The molecular weight excluding hydrogens is 242 g/mol. The second-order valence-corrected chi connectivity index (χ2v) is 4.54. The summed E-state index contributed by atoms with van der Waals surface area (Å²) in [6.45, 7) is 6.16. The fraction of sp³-hybridized carbons (Fsp3) is 0.600. The predicted octanol–water partition coefficient (Wildman–Crippen LogP) is 2.34. The number of ether oxygens (including phenoxy) is 2. The first-order valence-electron chi connectivity index (χ1n) is 6.89. The molecule has 108 valence electrons. The third kappa shape index (κ3) is 5.49. The quantitative estimate of drug-likeness (QED) is 0.674. The summed E-state index contributed by atoms with van der Waals surface area (Å²) in [5, 5.41) is 12.9. The van der Waals surface area contributed by atoms with Gasteiger partial charge in [-0.1, -0.05) is 19.9 Å². The SMILES string of the molecule is CCCNCc1ccc(OC)c(OCC(O)CC)c1. The van der Waals surface area contributed by atoms with E-state index in [2.05, 4.69) is 12.2 Å². The first kappa shape index (κ1) is 15.8. The molecule has 0 aliphatic rings. The third-order valence-corrected chi connectivity index (χ3v) is 2.89. The van der Waals surface area contributed by atoms with Gasteiger partial charge in [-0.25, -0.2) is 0 Å². The van der Waals surface area contributed by atoms with Crippen LogP contribution in [0.4, 0.5) is 0 Å². The highest BCUT2D eigenvalue weighted by Crippen LogP contribution is 2.28. The molecule has 2 N–H and O–H groups in total. The van der Waals surface area contributed by atoms with Crippen LogP contribution in [0.2, 0.25) is 0 Å². The lowest BCUT2D eigenvalue weighted by Gasteiger charge is -2.14. The molecule has 4 nitrogen and oxygen atoms in total. The van der Waals surface area contributed by atoms with Crippen LogP contribution < -0.4 is 14.8 Å². The number of nitrogens with one attached hydrogen (secondary N) is 1. The second-order valence-electron chi connectivity index (χ2n) is 4.54. The van der Waals surface area contributed by atoms with E-state index in [4.69, 9.17) is 9.47 Å². The van der Waals surface area contributed by atoms with Gasteiger partial charge in [0.25, 0.3) is 0 Å². The molecule has 0 amide bonds. The highest BCUT2D eigenvalue weighted by Gasteiger charge is 2.08. The van der Waals surface area contributed by atoms with Crippen molar-refractivity contribution in [3.05, 3.63) is 23.8 Å². The smallest absolute Gasteiger partial charge is 0.161 e. The molecule has 4 heteroatoms. The zero-order valence-corrected chi connectivity index (χ0v) is 12.1. The van der Waals surface area contributed by atoms with E-state index >= 15 is 0 Å². The van der Waals surface area contributed by atoms with Crippen LogP contribution in [0.1, 0.15) is 32.3 Å². The van der Waals surface area contributed by atoms with Gasteiger partial charge in [-0.15, -0.1) is 0 Å². The maximum absolute atomic E-state index is 9.55. The van der Waals surface area contributed by atoms with Crippen molar-refractivity contribution in [2.45, 2.75) is 39.3 Å². The van der Waals surface area contributed by atoms with Crippen molar-refractivity contribution in [3.63, 3.8) is 0 Å². The van der Waals surface area contributed by atoms with Crippen LogP contribution >= 0.6 is 0 Å². The predicted molar refractivity (Wildman–Crippen MR) is 76.8 cm³/mol. The molecule has 0 heterocycles. The average molecular weight is 267 g/mol. The van der Waals surface area contributed by atoms with Gasteiger partial charge in [0, 0.05) is 6.54 Å². The molecule has 1 rings (SSSR count). The first-order chi connectivity index (χ1) is 9.21. The van der Waals surface area contributed by atoms with Crippen molar-refractivity contribution in [3.8, 4) is 11.5 Å². The van der Waals surface area contributed by atoms with Crippen molar-refractivity contribution in [2.24, 2.45) is 0 Å². The lowest BCUT2D eigenvalue weighted by molar-refractivity contribution is 0.102. The number of rotatable bonds is 9. The van der Waals surface area contributed by atoms with E-state index in [-0.39, 0.29) is 0 Å². The van der Waals surface area contributed by atoms with Gasteiger partial charge >= 0.3 is 0 Å². The van der Waals surface area contributed by atoms with Crippen LogP contribution in [-0.2, 0) is 6.54 Å². The molecule has 0 aromatic heterocycles. The molecule has 0 bridgehead atoms. The normalized spacial score (nSPS) is 12.2. The highest BCUT2D eigenvalue weighted by molar-refractivity contribution is 5.43. The number of hydrogen-bond donors (Lipinski definition) is 2. The topological polar surface area (TPSA) is 50.7 Å². The molecule has 0 aliphatic carbocycles. The summed E-state index contributed by atoms with van der Waals surface area (Å²) < 4.78 is 10.9. The first-order valence-corrected chi connectivity index (χ1v) is 6.89. The van der Waals surface area contributed by atoms with Crippen LogP contribution in [0.25, 0.3) is 0 Å². The molecule has 1 atom stereocenters. The Balaban J connectivity index is 2.66. The van der Waals surface area contributed by atoms with Crippen molar-refractivity contribution in [1.29, 1.82) is 0 Å². The molecule has 1 aromatic rings. The molecule has 0 fully saturated rings. The zero-order valence-electron chi connectivity index (χ0n) is 12.1. The Bertz CT molecular complexity index is 368. The van der Waals surface area contributed by atoms with E-state index in [9.17, 15) is 5.11 Å². The van der Waals surface area contributed by atoms with E-state index in [0.717, 1.165) is 25.1 Å². The lowest BCUT2D eigenvalue weighted by atomic mass is 10.2. The molecule has 0 radical (unpaired) electrons. The molecule has 0 saturated heterocycles. The number of methoxy groups -OCH3 is 1. The standard InChI is InChI=1S/C15H25NO3/c1-4-8-16-10-12-6-7-14(18-3)15(9-12)19-11-13(17)5-2/h6-7,9,13,16-17H,4-5,8,10-11H2,1-3H3. The van der Waals surface area contributed by atoms with E-state index in [1.165, 1.54) is 0 Å². The molecule has 0 aliphatic heterocycles. The van der Waals surface area contributed by atoms with Crippen LogP contribution in [-0.4, -0.2) is 31.5 Å². The molecule has 1 unspecified atom stereocenters. The summed E-state index contributed by atoms with van der Waals surface area (Å²) in [5.74, 6) is 1.38. The minimum Gasteiger partial charge on any atom is -0.493 e. The molecule has 1 aromatic carbocycles.